The van der Waals surface area contributed by atoms with Crippen LogP contribution in [0, 0.1) is 10.1 Å². The van der Waals surface area contributed by atoms with Crippen molar-refractivity contribution in [1.82, 2.24) is 0 Å². The SMILES string of the molecule is CO[C@@H]1CO[C@@H]2[C@H]1OC[C@H]2OC.CS(=O)(=O)Nc1ccc([N+](=O)[O-])cc1Oc1ccccc1. The van der Waals surface area contributed by atoms with Crippen LogP contribution in [-0.2, 0) is 29.0 Å². The maximum atomic E-state index is 11.3. The number of nitrogens with zero attached hydrogens (tertiary/aromatic N) is 1. The molecule has 2 saturated heterocycles. The number of nitro benzene ring substituents is 1. The first kappa shape index (κ1) is 24.9. The van der Waals surface area contributed by atoms with Crippen LogP contribution in [0.3, 0.4) is 0 Å². The zero-order valence-electron chi connectivity index (χ0n) is 18.4. The molecule has 0 amide bonds. The van der Waals surface area contributed by atoms with Gasteiger partial charge in [-0.15, -0.1) is 0 Å². The van der Waals surface area contributed by atoms with Crippen molar-refractivity contribution in [2.75, 3.05) is 38.4 Å². The number of benzene rings is 2. The number of nitro groups is 1. The average molecular weight is 483 g/mol. The van der Waals surface area contributed by atoms with Crippen LogP contribution in [0.25, 0.3) is 0 Å². The summed E-state index contributed by atoms with van der Waals surface area (Å²) in [6.45, 7) is 1.23. The summed E-state index contributed by atoms with van der Waals surface area (Å²) in [7, 11) is -0.164. The summed E-state index contributed by atoms with van der Waals surface area (Å²) in [6.07, 6.45) is 1.28. The van der Waals surface area contributed by atoms with Crippen LogP contribution in [0.4, 0.5) is 11.4 Å². The summed E-state index contributed by atoms with van der Waals surface area (Å²) < 4.78 is 51.9. The van der Waals surface area contributed by atoms with Crippen molar-refractivity contribution in [3.05, 3.63) is 58.6 Å². The Morgan fingerprint density at radius 3 is 2.06 bits per heavy atom. The van der Waals surface area contributed by atoms with Crippen molar-refractivity contribution in [1.29, 1.82) is 0 Å². The maximum absolute atomic E-state index is 11.3. The van der Waals surface area contributed by atoms with Gasteiger partial charge in [0.2, 0.25) is 10.0 Å². The van der Waals surface area contributed by atoms with E-state index in [4.69, 9.17) is 23.7 Å². The third-order valence-corrected chi connectivity index (χ3v) is 5.60. The first-order valence-electron chi connectivity index (χ1n) is 9.99. The Bertz CT molecular complexity index is 1030. The van der Waals surface area contributed by atoms with E-state index in [1.165, 1.54) is 18.2 Å². The van der Waals surface area contributed by atoms with Crippen LogP contribution >= 0.6 is 0 Å². The Labute approximate surface area is 191 Å². The van der Waals surface area contributed by atoms with Gasteiger partial charge in [0.1, 0.15) is 30.2 Å². The van der Waals surface area contributed by atoms with E-state index in [0.717, 1.165) is 6.26 Å². The van der Waals surface area contributed by atoms with E-state index in [1.807, 2.05) is 0 Å². The van der Waals surface area contributed by atoms with Crippen LogP contribution in [-0.4, -0.2) is 71.4 Å². The molecule has 4 rings (SSSR count). The lowest BCUT2D eigenvalue weighted by Gasteiger charge is -2.14. The van der Waals surface area contributed by atoms with Crippen molar-refractivity contribution in [2.24, 2.45) is 0 Å². The molecule has 180 valence electrons. The van der Waals surface area contributed by atoms with Gasteiger partial charge >= 0.3 is 0 Å². The molecule has 12 heteroatoms. The molecule has 2 aromatic rings. The second-order valence-corrected chi connectivity index (χ2v) is 9.12. The number of sulfonamides is 1. The fraction of sp³-hybridized carbons (Fsp3) is 0.429. The van der Waals surface area contributed by atoms with Gasteiger partial charge in [-0.05, 0) is 18.2 Å². The molecule has 0 unspecified atom stereocenters. The lowest BCUT2D eigenvalue weighted by atomic mass is 10.1. The summed E-state index contributed by atoms with van der Waals surface area (Å²) in [5, 5.41) is 10.8. The predicted octanol–water partition coefficient (Wildman–Crippen LogP) is 2.57. The van der Waals surface area contributed by atoms with E-state index in [2.05, 4.69) is 4.72 Å². The van der Waals surface area contributed by atoms with Crippen molar-refractivity contribution in [3.63, 3.8) is 0 Å². The Hall–Kier alpha value is -2.77. The zero-order chi connectivity index (χ0) is 24.0. The van der Waals surface area contributed by atoms with Crippen LogP contribution in [0.2, 0.25) is 0 Å². The molecule has 0 radical (unpaired) electrons. The number of para-hydroxylation sites is 1. The minimum absolute atomic E-state index is 0.0563. The molecule has 2 aromatic carbocycles. The molecule has 11 nitrogen and oxygen atoms in total. The molecule has 2 aliphatic heterocycles. The van der Waals surface area contributed by atoms with Gasteiger partial charge in [-0.1, -0.05) is 18.2 Å². The summed E-state index contributed by atoms with van der Waals surface area (Å²) in [4.78, 5) is 10.2. The Morgan fingerprint density at radius 2 is 1.58 bits per heavy atom. The van der Waals surface area contributed by atoms with Gasteiger partial charge in [-0.3, -0.25) is 14.8 Å². The monoisotopic (exact) mass is 482 g/mol. The number of ether oxygens (including phenoxy) is 5. The highest BCUT2D eigenvalue weighted by molar-refractivity contribution is 7.92. The Balaban J connectivity index is 0.000000215. The first-order valence-corrected chi connectivity index (χ1v) is 11.9. The molecule has 0 bridgehead atoms. The zero-order valence-corrected chi connectivity index (χ0v) is 19.2. The van der Waals surface area contributed by atoms with Gasteiger partial charge < -0.3 is 23.7 Å². The lowest BCUT2D eigenvalue weighted by Crippen LogP contribution is -2.32. The number of fused-ring (bicyclic) bond motifs is 1. The summed E-state index contributed by atoms with van der Waals surface area (Å²) in [5.74, 6) is 0.496. The van der Waals surface area contributed by atoms with E-state index in [-0.39, 0.29) is 41.5 Å². The molecule has 0 aliphatic carbocycles. The lowest BCUT2D eigenvalue weighted by molar-refractivity contribution is -0.384. The number of non-ortho nitro benzene ring substituents is 1. The van der Waals surface area contributed by atoms with Crippen LogP contribution in [0.15, 0.2) is 48.5 Å². The van der Waals surface area contributed by atoms with Crippen molar-refractivity contribution >= 4 is 21.4 Å². The van der Waals surface area contributed by atoms with Gasteiger partial charge in [-0.2, -0.15) is 0 Å². The fourth-order valence-corrected chi connectivity index (χ4v) is 4.01. The second kappa shape index (κ2) is 10.9. The highest BCUT2D eigenvalue weighted by atomic mass is 32.2. The second-order valence-electron chi connectivity index (χ2n) is 7.37. The molecule has 2 aliphatic rings. The maximum Gasteiger partial charge on any atom is 0.273 e. The minimum atomic E-state index is -3.52. The third-order valence-electron chi connectivity index (χ3n) is 5.01. The molecular weight excluding hydrogens is 456 g/mol. The number of anilines is 1. The average Bonchev–Trinajstić information content (AvgIpc) is 3.37. The van der Waals surface area contributed by atoms with Crippen molar-refractivity contribution in [2.45, 2.75) is 24.4 Å². The summed E-state index contributed by atoms with van der Waals surface area (Å²) >= 11 is 0. The van der Waals surface area contributed by atoms with Crippen molar-refractivity contribution in [3.8, 4) is 11.5 Å². The number of hydrogen-bond acceptors (Lipinski definition) is 9. The van der Waals surface area contributed by atoms with Crippen LogP contribution in [0.5, 0.6) is 11.5 Å². The molecule has 0 aromatic heterocycles. The minimum Gasteiger partial charge on any atom is -0.455 e. The molecule has 2 fully saturated rings. The molecule has 33 heavy (non-hydrogen) atoms. The van der Waals surface area contributed by atoms with Crippen LogP contribution in [0.1, 0.15) is 0 Å². The number of rotatable bonds is 7. The molecule has 1 N–H and O–H groups in total. The van der Waals surface area contributed by atoms with E-state index in [0.29, 0.717) is 19.0 Å². The molecule has 4 atom stereocenters. The largest absolute Gasteiger partial charge is 0.455 e. The number of nitrogens with one attached hydrogen (secondary N) is 1. The topological polar surface area (TPSA) is 135 Å². The van der Waals surface area contributed by atoms with E-state index >= 15 is 0 Å². The van der Waals surface area contributed by atoms with Gasteiger partial charge in [0.05, 0.1) is 36.1 Å². The van der Waals surface area contributed by atoms with Gasteiger partial charge in [0.15, 0.2) is 5.75 Å². The first-order chi connectivity index (χ1) is 15.7. The Kier molecular flexibility index (Phi) is 8.21. The fourth-order valence-electron chi connectivity index (χ4n) is 3.44. The number of methoxy groups -OCH3 is 2. The van der Waals surface area contributed by atoms with E-state index in [9.17, 15) is 18.5 Å². The van der Waals surface area contributed by atoms with Crippen molar-refractivity contribution < 1.29 is 37.0 Å². The summed E-state index contributed by atoms with van der Waals surface area (Å²) in [6, 6.07) is 12.2. The summed E-state index contributed by atoms with van der Waals surface area (Å²) in [5.41, 5.74) is -0.0630. The molecular formula is C21H26N2O9S. The predicted molar refractivity (Wildman–Crippen MR) is 119 cm³/mol. The quantitative estimate of drug-likeness (QED) is 0.466. The number of hydrogen-bond donors (Lipinski definition) is 1. The van der Waals surface area contributed by atoms with Crippen LogP contribution < -0.4 is 9.46 Å². The van der Waals surface area contributed by atoms with E-state index < -0.39 is 14.9 Å². The third kappa shape index (κ3) is 6.62. The van der Waals surface area contributed by atoms with Gasteiger partial charge in [0.25, 0.3) is 5.69 Å². The Morgan fingerprint density at radius 1 is 1.00 bits per heavy atom. The smallest absolute Gasteiger partial charge is 0.273 e. The van der Waals surface area contributed by atoms with E-state index in [1.54, 1.807) is 44.6 Å². The van der Waals surface area contributed by atoms with Gasteiger partial charge in [-0.25, -0.2) is 8.42 Å². The molecule has 2 heterocycles. The molecule has 0 saturated carbocycles. The normalized spacial score (nSPS) is 23.8. The van der Waals surface area contributed by atoms with Gasteiger partial charge in [0, 0.05) is 20.3 Å². The standard InChI is InChI=1S/C13H12N2O5S.C8H14O4/c1-21(18,19)14-12-8-7-10(15(16)17)9-13(12)20-11-5-3-2-4-6-11;1-9-5-3-11-8-6(10-2)4-12-7(5)8/h2-9,14H,1H3;5-8H,3-4H2,1-2H3/t;5-,6-,7+,8+/m.1/s1. The highest BCUT2D eigenvalue weighted by Crippen LogP contribution is 2.33. The molecule has 0 spiro atoms. The highest BCUT2D eigenvalue weighted by Gasteiger charge is 2.48.